The van der Waals surface area contributed by atoms with Crippen molar-refractivity contribution >= 4 is 23.9 Å². The SMILES string of the molecule is CC1CN(C(=O)OC(C)(C)C)C1C(=O)ON1C(=O)c2ccccc2C1=O. The number of nitrogens with zero attached hydrogens (tertiary/aromatic N) is 2. The van der Waals surface area contributed by atoms with Gasteiger partial charge in [0.05, 0.1) is 11.1 Å². The van der Waals surface area contributed by atoms with Crippen molar-refractivity contribution in [1.82, 2.24) is 9.96 Å². The number of carbonyl (C=O) groups excluding carboxylic acids is 4. The quantitative estimate of drug-likeness (QED) is 0.749. The van der Waals surface area contributed by atoms with E-state index in [9.17, 15) is 19.2 Å². The van der Waals surface area contributed by atoms with Crippen molar-refractivity contribution in [2.24, 2.45) is 5.92 Å². The van der Waals surface area contributed by atoms with Crippen molar-refractivity contribution in [1.29, 1.82) is 0 Å². The molecule has 2 aliphatic heterocycles. The summed E-state index contributed by atoms with van der Waals surface area (Å²) in [6.07, 6.45) is -0.639. The molecule has 2 atom stereocenters. The van der Waals surface area contributed by atoms with Crippen LogP contribution in [0.5, 0.6) is 0 Å². The van der Waals surface area contributed by atoms with Crippen LogP contribution in [0, 0.1) is 5.92 Å². The monoisotopic (exact) mass is 360 g/mol. The van der Waals surface area contributed by atoms with Gasteiger partial charge in [-0.15, -0.1) is 0 Å². The smallest absolute Gasteiger partial charge is 0.411 e. The summed E-state index contributed by atoms with van der Waals surface area (Å²) in [6, 6.07) is 5.31. The topological polar surface area (TPSA) is 93.2 Å². The molecule has 1 aromatic carbocycles. The van der Waals surface area contributed by atoms with E-state index in [2.05, 4.69) is 0 Å². The standard InChI is InChI=1S/C18H20N2O6/c1-10-9-19(17(24)25-18(2,3)4)13(10)16(23)26-20-14(21)11-7-5-6-8-12(11)15(20)22/h5-8,10,13H,9H2,1-4H3. The fourth-order valence-electron chi connectivity index (χ4n) is 2.96. The van der Waals surface area contributed by atoms with E-state index in [0.717, 1.165) is 0 Å². The van der Waals surface area contributed by atoms with Crippen molar-refractivity contribution in [3.63, 3.8) is 0 Å². The first kappa shape index (κ1) is 17.9. The lowest BCUT2D eigenvalue weighted by Gasteiger charge is -2.44. The van der Waals surface area contributed by atoms with Crippen LogP contribution in [-0.2, 0) is 14.4 Å². The Balaban J connectivity index is 1.71. The van der Waals surface area contributed by atoms with Gasteiger partial charge in [0.25, 0.3) is 11.8 Å². The molecule has 0 aliphatic carbocycles. The average molecular weight is 360 g/mol. The zero-order chi connectivity index (χ0) is 19.2. The molecule has 1 fully saturated rings. The average Bonchev–Trinajstić information content (AvgIpc) is 2.76. The summed E-state index contributed by atoms with van der Waals surface area (Å²) >= 11 is 0. The predicted octanol–water partition coefficient (Wildman–Crippen LogP) is 2.00. The third-order valence-corrected chi connectivity index (χ3v) is 4.17. The molecule has 2 heterocycles. The lowest BCUT2D eigenvalue weighted by Crippen LogP contribution is -2.63. The van der Waals surface area contributed by atoms with Gasteiger partial charge in [0.15, 0.2) is 0 Å². The van der Waals surface area contributed by atoms with Crippen molar-refractivity contribution in [3.05, 3.63) is 35.4 Å². The highest BCUT2D eigenvalue weighted by atomic mass is 16.7. The third-order valence-electron chi connectivity index (χ3n) is 4.17. The number of hydrogen-bond acceptors (Lipinski definition) is 6. The number of benzene rings is 1. The highest BCUT2D eigenvalue weighted by Crippen LogP contribution is 2.29. The van der Waals surface area contributed by atoms with Crippen LogP contribution in [0.2, 0.25) is 0 Å². The zero-order valence-corrected chi connectivity index (χ0v) is 15.0. The molecule has 1 saturated heterocycles. The van der Waals surface area contributed by atoms with Crippen LogP contribution in [0.3, 0.4) is 0 Å². The highest BCUT2D eigenvalue weighted by molar-refractivity contribution is 6.20. The van der Waals surface area contributed by atoms with Gasteiger partial charge < -0.3 is 9.57 Å². The zero-order valence-electron chi connectivity index (χ0n) is 15.0. The minimum absolute atomic E-state index is 0.176. The Kier molecular flexibility index (Phi) is 4.21. The molecule has 0 N–H and O–H groups in total. The highest BCUT2D eigenvalue weighted by Gasteiger charge is 2.49. The van der Waals surface area contributed by atoms with Gasteiger partial charge in [0.1, 0.15) is 11.6 Å². The Morgan fingerprint density at radius 1 is 1.08 bits per heavy atom. The molecule has 8 nitrogen and oxygen atoms in total. The lowest BCUT2D eigenvalue weighted by atomic mass is 9.91. The number of carbonyl (C=O) groups is 4. The molecule has 0 saturated carbocycles. The molecule has 1 aromatic rings. The van der Waals surface area contributed by atoms with E-state index in [1.807, 2.05) is 0 Å². The van der Waals surface area contributed by atoms with Crippen molar-refractivity contribution < 1.29 is 28.8 Å². The van der Waals surface area contributed by atoms with Gasteiger partial charge in [-0.1, -0.05) is 24.1 Å². The van der Waals surface area contributed by atoms with E-state index in [0.29, 0.717) is 11.6 Å². The minimum atomic E-state index is -0.908. The van der Waals surface area contributed by atoms with E-state index >= 15 is 0 Å². The molecule has 3 amide bonds. The summed E-state index contributed by atoms with van der Waals surface area (Å²) in [5.41, 5.74) is -0.348. The van der Waals surface area contributed by atoms with Crippen LogP contribution in [0.25, 0.3) is 0 Å². The van der Waals surface area contributed by atoms with Gasteiger partial charge in [-0.2, -0.15) is 0 Å². The molecule has 0 radical (unpaired) electrons. The molecule has 8 heteroatoms. The third kappa shape index (κ3) is 3.02. The van der Waals surface area contributed by atoms with Gasteiger partial charge in [-0.3, -0.25) is 14.5 Å². The minimum Gasteiger partial charge on any atom is -0.444 e. The summed E-state index contributed by atoms with van der Waals surface area (Å²) in [7, 11) is 0. The largest absolute Gasteiger partial charge is 0.444 e. The van der Waals surface area contributed by atoms with Gasteiger partial charge in [-0.25, -0.2) is 9.59 Å². The second-order valence-corrected chi connectivity index (χ2v) is 7.42. The van der Waals surface area contributed by atoms with Crippen LogP contribution in [-0.4, -0.2) is 52.0 Å². The fraction of sp³-hybridized carbons (Fsp3) is 0.444. The predicted molar refractivity (Wildman–Crippen MR) is 88.9 cm³/mol. The van der Waals surface area contributed by atoms with Crippen LogP contribution in [0.15, 0.2) is 24.3 Å². The summed E-state index contributed by atoms with van der Waals surface area (Å²) in [5.74, 6) is -2.42. The number of rotatable bonds is 2. The molecule has 0 bridgehead atoms. The summed E-state index contributed by atoms with van der Waals surface area (Å²) in [4.78, 5) is 55.5. The van der Waals surface area contributed by atoms with Crippen LogP contribution in [0.1, 0.15) is 48.4 Å². The Morgan fingerprint density at radius 2 is 1.62 bits per heavy atom. The van der Waals surface area contributed by atoms with E-state index in [1.54, 1.807) is 39.8 Å². The van der Waals surface area contributed by atoms with Crippen LogP contribution in [0.4, 0.5) is 4.79 Å². The van der Waals surface area contributed by atoms with E-state index in [1.165, 1.54) is 17.0 Å². The van der Waals surface area contributed by atoms with Gasteiger partial charge in [-0.05, 0) is 32.9 Å². The van der Waals surface area contributed by atoms with Gasteiger partial charge >= 0.3 is 12.1 Å². The molecule has 26 heavy (non-hydrogen) atoms. The number of amides is 3. The first-order chi connectivity index (χ1) is 12.1. The molecule has 3 rings (SSSR count). The second-order valence-electron chi connectivity index (χ2n) is 7.42. The number of imide groups is 1. The molecule has 2 unspecified atom stereocenters. The van der Waals surface area contributed by atoms with Gasteiger partial charge in [0, 0.05) is 12.5 Å². The maximum atomic E-state index is 12.5. The van der Waals surface area contributed by atoms with Crippen molar-refractivity contribution in [2.45, 2.75) is 39.3 Å². The molecule has 138 valence electrons. The molecule has 0 spiro atoms. The lowest BCUT2D eigenvalue weighted by molar-refractivity contribution is -0.182. The number of ether oxygens (including phenoxy) is 1. The fourth-order valence-corrected chi connectivity index (χ4v) is 2.96. The molecule has 0 aromatic heterocycles. The van der Waals surface area contributed by atoms with Crippen LogP contribution >= 0.6 is 0 Å². The summed E-state index contributed by atoms with van der Waals surface area (Å²) in [5, 5.41) is 0.450. The normalized spacial score (nSPS) is 22.0. The van der Waals surface area contributed by atoms with E-state index in [4.69, 9.17) is 9.57 Å². The molecule has 2 aliphatic rings. The molecular formula is C18H20N2O6. The van der Waals surface area contributed by atoms with Crippen molar-refractivity contribution in [3.8, 4) is 0 Å². The Labute approximate surface area is 150 Å². The number of hydroxylamine groups is 2. The first-order valence-corrected chi connectivity index (χ1v) is 8.29. The molecular weight excluding hydrogens is 340 g/mol. The number of fused-ring (bicyclic) bond motifs is 1. The maximum Gasteiger partial charge on any atom is 0.411 e. The van der Waals surface area contributed by atoms with Gasteiger partial charge in [0.2, 0.25) is 0 Å². The summed E-state index contributed by atoms with van der Waals surface area (Å²) in [6.45, 7) is 7.27. The van der Waals surface area contributed by atoms with E-state index in [-0.39, 0.29) is 17.0 Å². The van der Waals surface area contributed by atoms with E-state index < -0.39 is 35.5 Å². The van der Waals surface area contributed by atoms with Crippen LogP contribution < -0.4 is 0 Å². The Hall–Kier alpha value is -2.90. The number of likely N-dealkylation sites (tertiary alicyclic amines) is 1. The van der Waals surface area contributed by atoms with Crippen molar-refractivity contribution in [2.75, 3.05) is 6.54 Å². The Bertz CT molecular complexity index is 762. The maximum absolute atomic E-state index is 12.5. The number of hydrogen-bond donors (Lipinski definition) is 0. The second kappa shape index (κ2) is 6.12. The Morgan fingerprint density at radius 3 is 2.08 bits per heavy atom. The first-order valence-electron chi connectivity index (χ1n) is 8.29. The summed E-state index contributed by atoms with van der Waals surface area (Å²) < 4.78 is 5.27.